The van der Waals surface area contributed by atoms with E-state index in [1.54, 1.807) is 23.0 Å². The van der Waals surface area contributed by atoms with E-state index in [0.29, 0.717) is 6.54 Å². The third-order valence-corrected chi connectivity index (χ3v) is 2.57. The second-order valence-electron chi connectivity index (χ2n) is 3.33. The first-order valence-electron chi connectivity index (χ1n) is 4.69. The van der Waals surface area contributed by atoms with E-state index in [1.165, 1.54) is 13.2 Å². The fourth-order valence-electron chi connectivity index (χ4n) is 1.41. The Morgan fingerprint density at radius 2 is 2.31 bits per heavy atom. The van der Waals surface area contributed by atoms with Crippen LogP contribution in [0.25, 0.3) is 0 Å². The van der Waals surface area contributed by atoms with Crippen molar-refractivity contribution in [1.29, 1.82) is 0 Å². The lowest BCUT2D eigenvalue weighted by atomic mass is 10.2. The molecule has 16 heavy (non-hydrogen) atoms. The first-order chi connectivity index (χ1) is 7.69. The highest BCUT2D eigenvalue weighted by atomic mass is 79.9. The fraction of sp³-hybridized carbons (Fsp3) is 0.182. The van der Waals surface area contributed by atoms with E-state index in [2.05, 4.69) is 21.0 Å². The average Bonchev–Trinajstić information content (AvgIpc) is 2.67. The molecule has 0 radical (unpaired) electrons. The number of benzene rings is 1. The molecule has 0 N–H and O–H groups in total. The van der Waals surface area contributed by atoms with Gasteiger partial charge in [-0.2, -0.15) is 5.10 Å². The van der Waals surface area contributed by atoms with E-state index in [4.69, 9.17) is 4.74 Å². The van der Waals surface area contributed by atoms with Crippen LogP contribution in [0.15, 0.2) is 35.1 Å². The molecule has 2 aromatic rings. The summed E-state index contributed by atoms with van der Waals surface area (Å²) >= 11 is 3.32. The maximum Gasteiger partial charge on any atom is 0.165 e. The number of methoxy groups -OCH3 is 1. The van der Waals surface area contributed by atoms with Gasteiger partial charge in [0.05, 0.1) is 24.3 Å². The zero-order valence-corrected chi connectivity index (χ0v) is 10.2. The molecular weight excluding hydrogens is 275 g/mol. The highest BCUT2D eigenvalue weighted by Gasteiger charge is 2.04. The molecule has 5 heteroatoms. The van der Waals surface area contributed by atoms with Crippen LogP contribution in [0.5, 0.6) is 5.75 Å². The van der Waals surface area contributed by atoms with Gasteiger partial charge in [-0.1, -0.05) is 6.07 Å². The molecule has 0 saturated carbocycles. The van der Waals surface area contributed by atoms with Crippen molar-refractivity contribution in [2.24, 2.45) is 0 Å². The fourth-order valence-corrected chi connectivity index (χ4v) is 1.74. The molecule has 0 spiro atoms. The summed E-state index contributed by atoms with van der Waals surface area (Å²) in [5.41, 5.74) is 0.939. The highest BCUT2D eigenvalue weighted by molar-refractivity contribution is 9.10. The molecule has 1 heterocycles. The lowest BCUT2D eigenvalue weighted by Gasteiger charge is -2.05. The van der Waals surface area contributed by atoms with Gasteiger partial charge < -0.3 is 4.74 Å². The maximum atomic E-state index is 13.2. The van der Waals surface area contributed by atoms with Gasteiger partial charge in [0.1, 0.15) is 0 Å². The quantitative estimate of drug-likeness (QED) is 0.867. The van der Waals surface area contributed by atoms with Crippen molar-refractivity contribution < 1.29 is 9.13 Å². The molecule has 0 unspecified atom stereocenters. The van der Waals surface area contributed by atoms with E-state index in [0.717, 1.165) is 10.0 Å². The number of rotatable bonds is 3. The van der Waals surface area contributed by atoms with Crippen molar-refractivity contribution in [2.75, 3.05) is 7.11 Å². The van der Waals surface area contributed by atoms with Crippen molar-refractivity contribution in [2.45, 2.75) is 6.54 Å². The van der Waals surface area contributed by atoms with Crippen molar-refractivity contribution in [3.63, 3.8) is 0 Å². The van der Waals surface area contributed by atoms with Gasteiger partial charge in [0.25, 0.3) is 0 Å². The van der Waals surface area contributed by atoms with Gasteiger partial charge in [-0.05, 0) is 33.6 Å². The zero-order chi connectivity index (χ0) is 11.5. The lowest BCUT2D eigenvalue weighted by Crippen LogP contribution is -2.00. The molecule has 0 saturated heterocycles. The summed E-state index contributed by atoms with van der Waals surface area (Å²) < 4.78 is 20.8. The van der Waals surface area contributed by atoms with Gasteiger partial charge in [0.15, 0.2) is 11.6 Å². The topological polar surface area (TPSA) is 27.1 Å². The van der Waals surface area contributed by atoms with Crippen LogP contribution in [-0.4, -0.2) is 16.9 Å². The number of hydrogen-bond acceptors (Lipinski definition) is 2. The Morgan fingerprint density at radius 3 is 2.94 bits per heavy atom. The van der Waals surface area contributed by atoms with Crippen LogP contribution >= 0.6 is 15.9 Å². The summed E-state index contributed by atoms with van der Waals surface area (Å²) in [5, 5.41) is 4.12. The Morgan fingerprint density at radius 1 is 1.50 bits per heavy atom. The second kappa shape index (κ2) is 4.65. The van der Waals surface area contributed by atoms with Gasteiger partial charge in [-0.15, -0.1) is 0 Å². The van der Waals surface area contributed by atoms with Crippen LogP contribution in [0.4, 0.5) is 4.39 Å². The van der Waals surface area contributed by atoms with Crippen molar-refractivity contribution in [3.8, 4) is 5.75 Å². The molecule has 2 rings (SSSR count). The Bertz CT molecular complexity index is 498. The van der Waals surface area contributed by atoms with Crippen molar-refractivity contribution >= 4 is 15.9 Å². The maximum absolute atomic E-state index is 13.2. The number of nitrogens with zero attached hydrogens (tertiary/aromatic N) is 2. The van der Waals surface area contributed by atoms with Crippen molar-refractivity contribution in [1.82, 2.24) is 9.78 Å². The summed E-state index contributed by atoms with van der Waals surface area (Å²) in [4.78, 5) is 0. The van der Waals surface area contributed by atoms with E-state index in [1.807, 2.05) is 6.20 Å². The van der Waals surface area contributed by atoms with Crippen LogP contribution in [-0.2, 0) is 6.54 Å². The minimum absolute atomic E-state index is 0.253. The molecule has 0 bridgehead atoms. The molecule has 1 aromatic heterocycles. The van der Waals surface area contributed by atoms with Crippen LogP contribution in [0.3, 0.4) is 0 Å². The smallest absolute Gasteiger partial charge is 0.165 e. The first-order valence-corrected chi connectivity index (χ1v) is 5.48. The average molecular weight is 285 g/mol. The van der Waals surface area contributed by atoms with Crippen LogP contribution in [0.1, 0.15) is 5.56 Å². The van der Waals surface area contributed by atoms with Gasteiger partial charge in [-0.25, -0.2) is 4.39 Å². The van der Waals surface area contributed by atoms with Crippen LogP contribution in [0.2, 0.25) is 0 Å². The van der Waals surface area contributed by atoms with E-state index >= 15 is 0 Å². The SMILES string of the molecule is COc1cc(Cn2cc(Br)cn2)ccc1F. The summed E-state index contributed by atoms with van der Waals surface area (Å²) in [6.45, 7) is 0.586. The highest BCUT2D eigenvalue weighted by Crippen LogP contribution is 2.19. The predicted molar refractivity (Wildman–Crippen MR) is 62.0 cm³/mol. The summed E-state index contributed by atoms with van der Waals surface area (Å²) in [7, 11) is 1.45. The largest absolute Gasteiger partial charge is 0.494 e. The number of aromatic nitrogens is 2. The summed E-state index contributed by atoms with van der Waals surface area (Å²) in [6.07, 6.45) is 3.57. The molecule has 0 fully saturated rings. The number of halogens is 2. The standard InChI is InChI=1S/C11H10BrFN2O/c1-16-11-4-8(2-3-10(11)13)6-15-7-9(12)5-14-15/h2-5,7H,6H2,1H3. The molecule has 0 aliphatic heterocycles. The normalized spacial score (nSPS) is 10.4. The zero-order valence-electron chi connectivity index (χ0n) is 8.65. The van der Waals surface area contributed by atoms with Gasteiger partial charge in [-0.3, -0.25) is 4.68 Å². The minimum atomic E-state index is -0.354. The van der Waals surface area contributed by atoms with E-state index < -0.39 is 0 Å². The van der Waals surface area contributed by atoms with E-state index in [9.17, 15) is 4.39 Å². The molecule has 3 nitrogen and oxygen atoms in total. The Labute approximate surface area is 101 Å². The molecule has 1 aromatic carbocycles. The number of ether oxygens (including phenoxy) is 1. The van der Waals surface area contributed by atoms with E-state index in [-0.39, 0.29) is 11.6 Å². The molecule has 0 aliphatic carbocycles. The van der Waals surface area contributed by atoms with Gasteiger partial charge in [0, 0.05) is 6.20 Å². The van der Waals surface area contributed by atoms with Gasteiger partial charge in [0.2, 0.25) is 0 Å². The van der Waals surface area contributed by atoms with Gasteiger partial charge >= 0.3 is 0 Å². The third-order valence-electron chi connectivity index (χ3n) is 2.16. The Balaban J connectivity index is 2.21. The number of hydrogen-bond donors (Lipinski definition) is 0. The predicted octanol–water partition coefficient (Wildman–Crippen LogP) is 2.84. The molecule has 0 amide bonds. The molecule has 0 atom stereocenters. The Kier molecular flexibility index (Phi) is 3.24. The minimum Gasteiger partial charge on any atom is -0.494 e. The summed E-state index contributed by atoms with van der Waals surface area (Å²) in [6, 6.07) is 4.78. The van der Waals surface area contributed by atoms with Crippen molar-refractivity contribution in [3.05, 3.63) is 46.4 Å². The summed E-state index contributed by atoms with van der Waals surface area (Å²) in [5.74, 6) is -0.100. The van der Waals surface area contributed by atoms with Crippen LogP contribution < -0.4 is 4.74 Å². The Hall–Kier alpha value is -1.36. The molecule has 0 aliphatic rings. The second-order valence-corrected chi connectivity index (χ2v) is 4.24. The molecular formula is C11H10BrFN2O. The van der Waals surface area contributed by atoms with Crippen LogP contribution in [0, 0.1) is 5.82 Å². The molecule has 84 valence electrons. The lowest BCUT2D eigenvalue weighted by molar-refractivity contribution is 0.385. The third kappa shape index (κ3) is 2.41. The monoisotopic (exact) mass is 284 g/mol. The first kappa shape index (κ1) is 11.1.